The Balaban J connectivity index is 1.96. The molecule has 0 aliphatic heterocycles. The van der Waals surface area contributed by atoms with Gasteiger partial charge in [0.1, 0.15) is 0 Å². The van der Waals surface area contributed by atoms with Gasteiger partial charge in [0.05, 0.1) is 22.0 Å². The molecule has 2 aromatic rings. The summed E-state index contributed by atoms with van der Waals surface area (Å²) in [5.74, 6) is 0. The molecule has 118 valence electrons. The first-order valence-corrected chi connectivity index (χ1v) is 9.01. The SMILES string of the molecule is Cc1nn(C)c(C)c1NS(=O)(=O)c1ccc2c(c1)CCCC2. The minimum atomic E-state index is -3.58. The Labute approximate surface area is 131 Å². The third-order valence-corrected chi connectivity index (χ3v) is 5.72. The van der Waals surface area contributed by atoms with Gasteiger partial charge in [-0.1, -0.05) is 6.07 Å². The van der Waals surface area contributed by atoms with Crippen LogP contribution in [0.15, 0.2) is 23.1 Å². The van der Waals surface area contributed by atoms with Crippen LogP contribution in [0.4, 0.5) is 5.69 Å². The molecule has 6 heteroatoms. The van der Waals surface area contributed by atoms with Crippen molar-refractivity contribution >= 4 is 15.7 Å². The normalized spacial score (nSPS) is 14.7. The Morgan fingerprint density at radius 2 is 1.82 bits per heavy atom. The van der Waals surface area contributed by atoms with Gasteiger partial charge in [0.25, 0.3) is 10.0 Å². The number of aryl methyl sites for hydroxylation is 4. The number of hydrogen-bond donors (Lipinski definition) is 1. The van der Waals surface area contributed by atoms with Gasteiger partial charge in [-0.2, -0.15) is 5.10 Å². The van der Waals surface area contributed by atoms with E-state index in [0.717, 1.165) is 30.5 Å². The maximum Gasteiger partial charge on any atom is 0.262 e. The largest absolute Gasteiger partial charge is 0.276 e. The molecule has 3 rings (SSSR count). The van der Waals surface area contributed by atoms with Gasteiger partial charge in [0, 0.05) is 7.05 Å². The molecule has 1 aromatic heterocycles. The summed E-state index contributed by atoms with van der Waals surface area (Å²) in [5, 5.41) is 4.25. The zero-order valence-corrected chi connectivity index (χ0v) is 14.0. The van der Waals surface area contributed by atoms with E-state index in [4.69, 9.17) is 0 Å². The van der Waals surface area contributed by atoms with Gasteiger partial charge in [0.2, 0.25) is 0 Å². The number of aromatic nitrogens is 2. The van der Waals surface area contributed by atoms with Crippen LogP contribution in [0.25, 0.3) is 0 Å². The summed E-state index contributed by atoms with van der Waals surface area (Å²) >= 11 is 0. The summed E-state index contributed by atoms with van der Waals surface area (Å²) in [6.45, 7) is 3.66. The molecule has 0 spiro atoms. The van der Waals surface area contributed by atoms with Crippen molar-refractivity contribution in [2.45, 2.75) is 44.4 Å². The van der Waals surface area contributed by atoms with E-state index < -0.39 is 10.0 Å². The number of rotatable bonds is 3. The number of benzene rings is 1. The second kappa shape index (κ2) is 5.43. The predicted octanol–water partition coefficient (Wildman–Crippen LogP) is 2.72. The molecule has 0 saturated heterocycles. The maximum absolute atomic E-state index is 12.7. The van der Waals surface area contributed by atoms with E-state index in [9.17, 15) is 8.42 Å². The topological polar surface area (TPSA) is 64.0 Å². The molecule has 1 aromatic carbocycles. The van der Waals surface area contributed by atoms with E-state index in [1.807, 2.05) is 19.1 Å². The molecule has 1 N–H and O–H groups in total. The van der Waals surface area contributed by atoms with Gasteiger partial charge in [-0.05, 0) is 62.8 Å². The van der Waals surface area contributed by atoms with Crippen LogP contribution in [-0.2, 0) is 29.9 Å². The van der Waals surface area contributed by atoms with Crippen LogP contribution in [0.1, 0.15) is 35.4 Å². The molecule has 0 atom stereocenters. The lowest BCUT2D eigenvalue weighted by Crippen LogP contribution is -2.15. The number of nitrogens with zero attached hydrogens (tertiary/aromatic N) is 2. The van der Waals surface area contributed by atoms with Crippen LogP contribution in [-0.4, -0.2) is 18.2 Å². The molecule has 22 heavy (non-hydrogen) atoms. The van der Waals surface area contributed by atoms with Crippen molar-refractivity contribution in [2.75, 3.05) is 4.72 Å². The molecule has 5 nitrogen and oxygen atoms in total. The monoisotopic (exact) mass is 319 g/mol. The Kier molecular flexibility index (Phi) is 3.72. The van der Waals surface area contributed by atoms with Gasteiger partial charge >= 0.3 is 0 Å². The summed E-state index contributed by atoms with van der Waals surface area (Å²) in [5.41, 5.74) is 4.49. The summed E-state index contributed by atoms with van der Waals surface area (Å²) in [6.07, 6.45) is 4.32. The molecular formula is C16H21N3O2S. The average Bonchev–Trinajstić information content (AvgIpc) is 2.73. The van der Waals surface area contributed by atoms with E-state index in [2.05, 4.69) is 9.82 Å². The van der Waals surface area contributed by atoms with Crippen molar-refractivity contribution in [1.29, 1.82) is 0 Å². The van der Waals surface area contributed by atoms with Crippen LogP contribution >= 0.6 is 0 Å². The fraction of sp³-hybridized carbons (Fsp3) is 0.438. The molecule has 0 amide bonds. The zero-order valence-electron chi connectivity index (χ0n) is 13.2. The Bertz CT molecular complexity index is 822. The summed E-state index contributed by atoms with van der Waals surface area (Å²) in [7, 11) is -1.78. The second-order valence-electron chi connectivity index (χ2n) is 5.91. The number of hydrogen-bond acceptors (Lipinski definition) is 3. The highest BCUT2D eigenvalue weighted by atomic mass is 32.2. The number of nitrogens with one attached hydrogen (secondary N) is 1. The number of fused-ring (bicyclic) bond motifs is 1. The first kappa shape index (κ1) is 15.1. The summed E-state index contributed by atoms with van der Waals surface area (Å²) in [6, 6.07) is 5.47. The Morgan fingerprint density at radius 3 is 2.45 bits per heavy atom. The van der Waals surface area contributed by atoms with Gasteiger partial charge in [-0.3, -0.25) is 9.40 Å². The highest BCUT2D eigenvalue weighted by molar-refractivity contribution is 7.92. The van der Waals surface area contributed by atoms with Crippen LogP contribution in [0.3, 0.4) is 0 Å². The van der Waals surface area contributed by atoms with Crippen LogP contribution in [0.5, 0.6) is 0 Å². The van der Waals surface area contributed by atoms with E-state index in [1.165, 1.54) is 12.0 Å². The molecular weight excluding hydrogens is 298 g/mol. The van der Waals surface area contributed by atoms with Gasteiger partial charge < -0.3 is 0 Å². The van der Waals surface area contributed by atoms with Crippen molar-refractivity contribution in [2.24, 2.45) is 7.05 Å². The third-order valence-electron chi connectivity index (χ3n) is 4.38. The Morgan fingerprint density at radius 1 is 1.14 bits per heavy atom. The number of sulfonamides is 1. The molecule has 0 unspecified atom stereocenters. The first-order valence-electron chi connectivity index (χ1n) is 7.53. The molecule has 0 fully saturated rings. The summed E-state index contributed by atoms with van der Waals surface area (Å²) in [4.78, 5) is 0.329. The quantitative estimate of drug-likeness (QED) is 0.946. The number of anilines is 1. The smallest absolute Gasteiger partial charge is 0.262 e. The van der Waals surface area contributed by atoms with Crippen molar-refractivity contribution in [3.8, 4) is 0 Å². The Hall–Kier alpha value is -1.82. The fourth-order valence-electron chi connectivity index (χ4n) is 2.99. The van der Waals surface area contributed by atoms with E-state index >= 15 is 0 Å². The molecule has 0 bridgehead atoms. The predicted molar refractivity (Wildman–Crippen MR) is 86.6 cm³/mol. The van der Waals surface area contributed by atoms with Crippen molar-refractivity contribution < 1.29 is 8.42 Å². The minimum absolute atomic E-state index is 0.329. The lowest BCUT2D eigenvalue weighted by molar-refractivity contribution is 0.600. The van der Waals surface area contributed by atoms with E-state index in [0.29, 0.717) is 16.3 Å². The van der Waals surface area contributed by atoms with Crippen LogP contribution < -0.4 is 4.72 Å². The highest BCUT2D eigenvalue weighted by Gasteiger charge is 2.21. The minimum Gasteiger partial charge on any atom is -0.276 e. The van der Waals surface area contributed by atoms with Gasteiger partial charge in [-0.25, -0.2) is 8.42 Å². The molecule has 0 radical (unpaired) electrons. The van der Waals surface area contributed by atoms with Gasteiger partial charge in [0.15, 0.2) is 0 Å². The standard InChI is InChI=1S/C16H21N3O2S/c1-11-16(12(2)19(3)17-11)18-22(20,21)15-9-8-13-6-4-5-7-14(13)10-15/h8-10,18H,4-7H2,1-3H3. The fourth-order valence-corrected chi connectivity index (χ4v) is 4.22. The van der Waals surface area contributed by atoms with Crippen molar-refractivity contribution in [3.05, 3.63) is 40.7 Å². The zero-order chi connectivity index (χ0) is 15.9. The van der Waals surface area contributed by atoms with Gasteiger partial charge in [-0.15, -0.1) is 0 Å². The molecule has 0 saturated carbocycles. The summed E-state index contributed by atoms with van der Waals surface area (Å²) < 4.78 is 29.7. The lowest BCUT2D eigenvalue weighted by Gasteiger charge is -2.17. The average molecular weight is 319 g/mol. The first-order chi connectivity index (χ1) is 10.4. The van der Waals surface area contributed by atoms with E-state index in [1.54, 1.807) is 24.7 Å². The van der Waals surface area contributed by atoms with E-state index in [-0.39, 0.29) is 0 Å². The molecule has 1 aliphatic carbocycles. The second-order valence-corrected chi connectivity index (χ2v) is 7.59. The third kappa shape index (κ3) is 2.63. The molecule has 1 aliphatic rings. The van der Waals surface area contributed by atoms with Crippen LogP contribution in [0, 0.1) is 13.8 Å². The van der Waals surface area contributed by atoms with Crippen LogP contribution in [0.2, 0.25) is 0 Å². The van der Waals surface area contributed by atoms with Crippen molar-refractivity contribution in [3.63, 3.8) is 0 Å². The highest BCUT2D eigenvalue weighted by Crippen LogP contribution is 2.27. The molecule has 1 heterocycles. The maximum atomic E-state index is 12.7. The van der Waals surface area contributed by atoms with Crippen molar-refractivity contribution in [1.82, 2.24) is 9.78 Å². The lowest BCUT2D eigenvalue weighted by atomic mass is 9.92.